The van der Waals surface area contributed by atoms with Crippen LogP contribution in [0.3, 0.4) is 0 Å². The minimum absolute atomic E-state index is 0.542. The van der Waals surface area contributed by atoms with Gasteiger partial charge in [0.25, 0.3) is 0 Å². The first-order valence-electron chi connectivity index (χ1n) is 24.4. The van der Waals surface area contributed by atoms with Crippen molar-refractivity contribution in [2.24, 2.45) is 0 Å². The van der Waals surface area contributed by atoms with Gasteiger partial charge in [-0.3, -0.25) is 0 Å². The minimum Gasteiger partial charge on any atom is -0.423 e. The average molecular weight is 1040 g/mol. The molecule has 0 aliphatic heterocycles. The lowest BCUT2D eigenvalue weighted by Crippen LogP contribution is -2.34. The van der Waals surface area contributed by atoms with E-state index in [9.17, 15) is 0 Å². The molecule has 0 bridgehead atoms. The van der Waals surface area contributed by atoms with Crippen molar-refractivity contribution in [2.45, 2.75) is 90.0 Å². The van der Waals surface area contributed by atoms with E-state index in [0.29, 0.717) is 38.2 Å². The van der Waals surface area contributed by atoms with E-state index in [2.05, 4.69) is 0 Å². The highest BCUT2D eigenvalue weighted by Crippen LogP contribution is 2.07. The van der Waals surface area contributed by atoms with Crippen LogP contribution in [0.25, 0.3) is 0 Å². The molecule has 0 radical (unpaired) electrons. The molecule has 0 spiro atoms. The summed E-state index contributed by atoms with van der Waals surface area (Å²) in [5.41, 5.74) is 17.0. The molecule has 0 heterocycles. The van der Waals surface area contributed by atoms with Gasteiger partial charge in [0, 0.05) is 0 Å². The largest absolute Gasteiger partial charge is 0.488 e. The molecule has 7 aromatic carbocycles. The summed E-state index contributed by atoms with van der Waals surface area (Å²) in [5.74, 6) is 0. The lowest BCUT2D eigenvalue weighted by molar-refractivity contribution is 0.424. The fraction of sp³-hybridized carbons (Fsp3) is 0.236. The summed E-state index contributed by atoms with van der Waals surface area (Å²) in [7, 11) is -9.46. The summed E-state index contributed by atoms with van der Waals surface area (Å²) in [5, 5.41) is 124. The summed E-state index contributed by atoms with van der Waals surface area (Å²) in [4.78, 5) is 0. The second kappa shape index (κ2) is 34.3. The molecule has 0 saturated heterocycles. The fourth-order valence-corrected chi connectivity index (χ4v) is 7.87. The van der Waals surface area contributed by atoms with Gasteiger partial charge in [-0.2, -0.15) is 0 Å². The van der Waals surface area contributed by atoms with Crippen molar-refractivity contribution >= 4 is 88.1 Å². The number of hydrogen-bond acceptors (Lipinski definition) is 14. The van der Waals surface area contributed by atoms with Crippen LogP contribution in [0.1, 0.15) is 72.3 Å². The van der Waals surface area contributed by atoms with Gasteiger partial charge in [-0.05, 0) is 139 Å². The molecule has 400 valence electrons. The smallest absolute Gasteiger partial charge is 0.423 e. The van der Waals surface area contributed by atoms with Crippen LogP contribution in [-0.2, 0) is 0 Å². The Hall–Kier alpha value is -5.57. The maximum Gasteiger partial charge on any atom is 0.488 e. The van der Waals surface area contributed by atoms with Crippen LogP contribution in [-0.4, -0.2) is 120 Å². The third-order valence-electron chi connectivity index (χ3n) is 11.8. The van der Waals surface area contributed by atoms with E-state index in [1.807, 2.05) is 169 Å². The maximum atomic E-state index is 9.03. The molecule has 0 aliphatic rings. The Kier molecular flexibility index (Phi) is 30.8. The number of hydrogen-bond donors (Lipinski definition) is 14. The molecular weight excluding hydrogens is 960 g/mol. The lowest BCUT2D eigenvalue weighted by atomic mass is 9.74. The van der Waals surface area contributed by atoms with Crippen molar-refractivity contribution < 1.29 is 70.3 Å². The molecule has 0 aromatic heterocycles. The quantitative estimate of drug-likeness (QED) is 0.0904. The Bertz CT molecular complexity index is 2780. The van der Waals surface area contributed by atoms with Crippen LogP contribution in [0.5, 0.6) is 0 Å². The highest BCUT2D eigenvalue weighted by Gasteiger charge is 2.18. The van der Waals surface area contributed by atoms with Gasteiger partial charge in [0.2, 0.25) is 0 Å². The van der Waals surface area contributed by atoms with Crippen molar-refractivity contribution in [2.75, 3.05) is 0 Å². The van der Waals surface area contributed by atoms with Gasteiger partial charge in [-0.1, -0.05) is 195 Å². The first kappa shape index (κ1) is 68.4. The van der Waals surface area contributed by atoms with E-state index in [1.54, 1.807) is 54.6 Å². The van der Waals surface area contributed by atoms with Gasteiger partial charge >= 0.3 is 49.8 Å². The summed E-state index contributed by atoms with van der Waals surface area (Å²) >= 11 is 0. The van der Waals surface area contributed by atoms with E-state index in [4.69, 9.17) is 70.3 Å². The van der Waals surface area contributed by atoms with Crippen molar-refractivity contribution in [3.8, 4) is 0 Å². The van der Waals surface area contributed by atoms with Gasteiger partial charge in [0.05, 0.1) is 0 Å². The first-order chi connectivity index (χ1) is 35.4. The van der Waals surface area contributed by atoms with Crippen molar-refractivity contribution in [3.63, 3.8) is 0 Å². The van der Waals surface area contributed by atoms with Gasteiger partial charge in [0.1, 0.15) is 0 Å². The SMILES string of the molecule is Cc1cc(C)c(B(O)O)c(C)c1.Cc1cc(C)cc(B(O)O)c1.Cc1ccc(B(O)O)c(C)c1.Cc1cccc(B(O)O)c1.Cc1cccc(B(O)O)c1C.Cc1cccc(C)c1B(O)O.Cc1ccccc1B(O)O. The van der Waals surface area contributed by atoms with Crippen molar-refractivity contribution in [1.29, 1.82) is 0 Å². The second-order valence-electron chi connectivity index (χ2n) is 18.6. The van der Waals surface area contributed by atoms with Gasteiger partial charge in [-0.25, -0.2) is 0 Å². The van der Waals surface area contributed by atoms with Crippen LogP contribution in [0.4, 0.5) is 0 Å². The van der Waals surface area contributed by atoms with Crippen LogP contribution in [0, 0.1) is 90.0 Å². The Balaban J connectivity index is 0.000000444. The molecule has 7 rings (SSSR count). The molecule has 0 aliphatic carbocycles. The zero-order valence-electron chi connectivity index (χ0n) is 46.0. The summed E-state index contributed by atoms with van der Waals surface area (Å²) in [6.45, 7) is 24.8. The highest BCUT2D eigenvalue weighted by molar-refractivity contribution is 6.61. The van der Waals surface area contributed by atoms with Crippen molar-refractivity contribution in [3.05, 3.63) is 206 Å². The van der Waals surface area contributed by atoms with Crippen molar-refractivity contribution in [1.82, 2.24) is 0 Å². The Morgan fingerprint density at radius 1 is 0.224 bits per heavy atom. The number of rotatable bonds is 7. The van der Waals surface area contributed by atoms with Gasteiger partial charge < -0.3 is 70.3 Å². The van der Waals surface area contributed by atoms with E-state index >= 15 is 0 Å². The molecule has 0 amide bonds. The van der Waals surface area contributed by atoms with E-state index in [1.165, 1.54) is 0 Å². The zero-order chi connectivity index (χ0) is 58.1. The maximum absolute atomic E-state index is 9.03. The molecule has 21 heteroatoms. The van der Waals surface area contributed by atoms with E-state index in [-0.39, 0.29) is 0 Å². The van der Waals surface area contributed by atoms with Crippen LogP contribution >= 0.6 is 0 Å². The first-order valence-corrected chi connectivity index (χ1v) is 24.4. The molecule has 14 N–H and O–H groups in total. The summed E-state index contributed by atoms with van der Waals surface area (Å²) < 4.78 is 0. The predicted octanol–water partition coefficient (Wildman–Crippen LogP) is -0.426. The van der Waals surface area contributed by atoms with Gasteiger partial charge in [0.15, 0.2) is 0 Å². The molecule has 0 fully saturated rings. The molecule has 7 aromatic rings. The third kappa shape index (κ3) is 24.6. The summed E-state index contributed by atoms with van der Waals surface area (Å²) in [6.07, 6.45) is 0. The zero-order valence-corrected chi connectivity index (χ0v) is 46.0. The Labute approximate surface area is 452 Å². The standard InChI is InChI=1S/C9H13BO2.4C8H11BO2.2C7H9BO2/c1-6-4-7(2)9(10(11)12)8(3)5-6;1-6-3-7(2)5-8(4-6)9(10)11;1-6-3-4-8(9(10)11)7(2)5-6;1-6-4-3-5-8(7(6)2)9(10)11;1-6-4-3-5-7(2)8(6)9(10)11;1-6-3-2-4-7(5-6)8(9)10;1-6-4-2-3-5-7(6)8(9)10/h4-5,11-12H,1-3H3;4*3-5,10-11H,1-2H3;2*2-5,9-10H,1H3. The van der Waals surface area contributed by atoms with E-state index < -0.39 is 49.8 Å². The Morgan fingerprint density at radius 2 is 0.579 bits per heavy atom. The summed E-state index contributed by atoms with van der Waals surface area (Å²) in [6, 6.07) is 40.3. The topological polar surface area (TPSA) is 283 Å². The third-order valence-corrected chi connectivity index (χ3v) is 11.8. The van der Waals surface area contributed by atoms with Gasteiger partial charge in [-0.15, -0.1) is 0 Å². The molecule has 0 saturated carbocycles. The molecule has 76 heavy (non-hydrogen) atoms. The molecular formula is C55H75B7O14. The van der Waals surface area contributed by atoms with Crippen LogP contribution < -0.4 is 38.2 Å². The minimum atomic E-state index is -1.36. The normalized spacial score (nSPS) is 9.78. The molecule has 0 atom stereocenters. The van der Waals surface area contributed by atoms with Crippen LogP contribution in [0.15, 0.2) is 133 Å². The Morgan fingerprint density at radius 3 is 0.961 bits per heavy atom. The second-order valence-corrected chi connectivity index (χ2v) is 18.6. The number of benzene rings is 7. The average Bonchev–Trinajstić information content (AvgIpc) is 3.30. The van der Waals surface area contributed by atoms with Crippen LogP contribution in [0.2, 0.25) is 0 Å². The monoisotopic (exact) mass is 1040 g/mol. The number of aryl methyl sites for hydroxylation is 12. The molecule has 0 unspecified atom stereocenters. The lowest BCUT2D eigenvalue weighted by Gasteiger charge is -2.09. The fourth-order valence-electron chi connectivity index (χ4n) is 7.87. The van der Waals surface area contributed by atoms with E-state index in [0.717, 1.165) is 72.3 Å². The highest BCUT2D eigenvalue weighted by atomic mass is 16.4. The molecule has 14 nitrogen and oxygen atoms in total. The predicted molar refractivity (Wildman–Crippen MR) is 315 cm³/mol.